The molecular formula is C41H37N2O8S3+. The van der Waals surface area contributed by atoms with E-state index < -0.39 is 31.7 Å². The van der Waals surface area contributed by atoms with Crippen LogP contribution in [-0.4, -0.2) is 44.0 Å². The van der Waals surface area contributed by atoms with Gasteiger partial charge in [-0.25, -0.2) is 0 Å². The van der Waals surface area contributed by atoms with Crippen LogP contribution in [0.15, 0.2) is 118 Å². The Morgan fingerprint density at radius 3 is 2.39 bits per heavy atom. The number of rotatable bonds is 12. The molecule has 3 heterocycles. The summed E-state index contributed by atoms with van der Waals surface area (Å²) in [6.07, 6.45) is 4.69. The molecule has 0 aliphatic carbocycles. The maximum atomic E-state index is 11.7. The lowest BCUT2D eigenvalue weighted by molar-refractivity contribution is -0.677. The fourth-order valence-corrected chi connectivity index (χ4v) is 8.92. The highest BCUT2D eigenvalue weighted by molar-refractivity contribution is 7.86. The molecule has 2 aromatic heterocycles. The second-order valence-electron chi connectivity index (χ2n) is 13.3. The van der Waals surface area contributed by atoms with Crippen molar-refractivity contribution in [3.05, 3.63) is 120 Å². The molecule has 0 radical (unpaired) electrons. The summed E-state index contributed by atoms with van der Waals surface area (Å²) in [5, 5.41) is 7.38. The van der Waals surface area contributed by atoms with Gasteiger partial charge in [0.15, 0.2) is 12.3 Å². The monoisotopic (exact) mass is 781 g/mol. The summed E-state index contributed by atoms with van der Waals surface area (Å²) < 4.78 is 81.9. The minimum Gasteiger partial charge on any atom is -0.439 e. The number of fused-ring (bicyclic) bond motifs is 7. The van der Waals surface area contributed by atoms with E-state index in [0.717, 1.165) is 54.8 Å². The van der Waals surface area contributed by atoms with Gasteiger partial charge in [0, 0.05) is 35.2 Å². The Balaban J connectivity index is 1.21. The van der Waals surface area contributed by atoms with Crippen LogP contribution in [-0.2, 0) is 26.8 Å². The van der Waals surface area contributed by atoms with Crippen molar-refractivity contribution in [2.24, 2.45) is 0 Å². The summed E-state index contributed by atoms with van der Waals surface area (Å²) in [6.45, 7) is 2.53. The zero-order chi connectivity index (χ0) is 37.6. The van der Waals surface area contributed by atoms with Crippen molar-refractivity contribution in [1.82, 2.24) is 0 Å². The molecule has 13 heteroatoms. The molecule has 10 nitrogen and oxygen atoms in total. The topological polar surface area (TPSA) is 138 Å². The maximum Gasteiger partial charge on any atom is 0.374 e. The Morgan fingerprint density at radius 2 is 1.57 bits per heavy atom. The fraction of sp³-hybridized carbons (Fsp3) is 0.195. The highest BCUT2D eigenvalue weighted by Gasteiger charge is 2.30. The molecule has 7 aromatic rings. The lowest BCUT2D eigenvalue weighted by atomic mass is 10.00. The molecule has 54 heavy (non-hydrogen) atoms. The molecule has 0 spiro atoms. The van der Waals surface area contributed by atoms with Crippen molar-refractivity contribution in [1.29, 1.82) is 0 Å². The van der Waals surface area contributed by atoms with Crippen LogP contribution in [0, 0.1) is 0 Å². The van der Waals surface area contributed by atoms with E-state index in [4.69, 9.17) is 9.15 Å². The predicted octanol–water partition coefficient (Wildman–Crippen LogP) is 9.00. The molecule has 5 aromatic carbocycles. The summed E-state index contributed by atoms with van der Waals surface area (Å²) in [7, 11) is -8.35. The Labute approximate surface area is 316 Å². The van der Waals surface area contributed by atoms with Crippen LogP contribution >= 0.6 is 11.3 Å². The van der Waals surface area contributed by atoms with Crippen LogP contribution in [0.25, 0.3) is 59.9 Å². The van der Waals surface area contributed by atoms with Crippen LogP contribution in [0.1, 0.15) is 32.1 Å². The molecule has 0 unspecified atom stereocenters. The van der Waals surface area contributed by atoms with Crippen LogP contribution in [0.4, 0.5) is 5.69 Å². The third-order valence-corrected chi connectivity index (χ3v) is 12.2. The molecule has 0 atom stereocenters. The SMILES string of the molecule is CCC(/C=C1\Oc2ccc3c(ccc4ccccc43)c2N1CCCS(=O)(=O)O)=C\c1oc2ccc(-c3ccc4sccc4c3)cc2[n+]1CCCS(=O)(=O)O. The van der Waals surface area contributed by atoms with E-state index in [0.29, 0.717) is 29.5 Å². The number of allylic oxidation sites excluding steroid dienone is 2. The van der Waals surface area contributed by atoms with Gasteiger partial charge in [0.1, 0.15) is 0 Å². The average Bonchev–Trinajstić information content (AvgIpc) is 3.85. The third kappa shape index (κ3) is 7.37. The van der Waals surface area contributed by atoms with Gasteiger partial charge in [-0.1, -0.05) is 55.5 Å². The summed E-state index contributed by atoms with van der Waals surface area (Å²) in [5.41, 5.74) is 5.05. The number of aryl methyl sites for hydroxylation is 1. The number of ether oxygens (including phenoxy) is 1. The van der Waals surface area contributed by atoms with Gasteiger partial charge < -0.3 is 14.1 Å². The lowest BCUT2D eigenvalue weighted by Crippen LogP contribution is -2.36. The third-order valence-electron chi connectivity index (χ3n) is 9.72. The first-order chi connectivity index (χ1) is 25.9. The first-order valence-electron chi connectivity index (χ1n) is 17.6. The van der Waals surface area contributed by atoms with Crippen LogP contribution < -0.4 is 14.2 Å². The number of hydrogen-bond donors (Lipinski definition) is 2. The van der Waals surface area contributed by atoms with E-state index in [1.165, 1.54) is 4.70 Å². The number of aromatic nitrogens is 1. The first-order valence-corrected chi connectivity index (χ1v) is 21.7. The highest BCUT2D eigenvalue weighted by atomic mass is 32.2. The van der Waals surface area contributed by atoms with Gasteiger partial charge in [0.2, 0.25) is 11.5 Å². The zero-order valence-corrected chi connectivity index (χ0v) is 31.8. The Bertz CT molecular complexity index is 2870. The van der Waals surface area contributed by atoms with Gasteiger partial charge in [-0.15, -0.1) is 11.3 Å². The normalized spacial score (nSPS) is 14.5. The minimum atomic E-state index is -4.18. The molecule has 1 aliphatic heterocycles. The molecule has 276 valence electrons. The van der Waals surface area contributed by atoms with Crippen LogP contribution in [0.3, 0.4) is 0 Å². The summed E-state index contributed by atoms with van der Waals surface area (Å²) in [4.78, 5) is 1.95. The number of anilines is 1. The van der Waals surface area contributed by atoms with Crippen molar-refractivity contribution in [3.63, 3.8) is 0 Å². The largest absolute Gasteiger partial charge is 0.439 e. The molecule has 0 saturated carbocycles. The number of benzene rings is 5. The fourth-order valence-electron chi connectivity index (χ4n) is 7.16. The van der Waals surface area contributed by atoms with Crippen LogP contribution in [0.2, 0.25) is 0 Å². The molecule has 0 saturated heterocycles. The van der Waals surface area contributed by atoms with E-state index in [2.05, 4.69) is 47.8 Å². The summed E-state index contributed by atoms with van der Waals surface area (Å²) in [5.74, 6) is 0.813. The second kappa shape index (κ2) is 14.3. The number of hydrogen-bond acceptors (Lipinski definition) is 8. The lowest BCUT2D eigenvalue weighted by Gasteiger charge is -2.20. The predicted molar refractivity (Wildman–Crippen MR) is 215 cm³/mol. The van der Waals surface area contributed by atoms with E-state index in [9.17, 15) is 25.9 Å². The van der Waals surface area contributed by atoms with Crippen molar-refractivity contribution in [2.45, 2.75) is 32.7 Å². The quantitative estimate of drug-likeness (QED) is 0.0707. The zero-order valence-electron chi connectivity index (χ0n) is 29.3. The van der Waals surface area contributed by atoms with E-state index in [-0.39, 0.29) is 25.9 Å². The Kier molecular flexibility index (Phi) is 9.53. The molecule has 1 aliphatic rings. The van der Waals surface area contributed by atoms with Gasteiger partial charge in [-0.2, -0.15) is 21.4 Å². The highest BCUT2D eigenvalue weighted by Crippen LogP contribution is 2.46. The van der Waals surface area contributed by atoms with E-state index in [1.807, 2.05) is 77.1 Å². The number of nitrogens with zero attached hydrogens (tertiary/aromatic N) is 2. The number of thiophene rings is 1. The molecule has 0 fully saturated rings. The molecule has 0 bridgehead atoms. The number of oxazole rings is 1. The van der Waals surface area contributed by atoms with Crippen molar-refractivity contribution in [3.8, 4) is 16.9 Å². The second-order valence-corrected chi connectivity index (χ2v) is 17.4. The van der Waals surface area contributed by atoms with Gasteiger partial charge in [-0.05, 0) is 92.9 Å². The molecular weight excluding hydrogens is 745 g/mol. The van der Waals surface area contributed by atoms with Crippen molar-refractivity contribution >= 4 is 86.1 Å². The van der Waals surface area contributed by atoms with E-state index in [1.54, 1.807) is 11.3 Å². The first kappa shape index (κ1) is 36.0. The Hall–Kier alpha value is -5.05. The smallest absolute Gasteiger partial charge is 0.374 e. The molecule has 0 amide bonds. The standard InChI is InChI=1S/C41H36N2O8S3/c1-2-27(24-40-43(19-6-22-54(47,48)49)41-34-12-9-28-7-3-4-8-32(28)33(34)13-15-37(41)51-40)23-39-42(18-5-21-53(44,45)46)35-26-30(10-14-36(35)50-39)29-11-16-38-31(25-29)17-20-52-38/h3-4,7-17,20,23-26H,2,5-6,18-19,21-22H2,1H3,(H-,44,45,46,47,48,49)/p+1. The Morgan fingerprint density at radius 1 is 0.815 bits per heavy atom. The van der Waals surface area contributed by atoms with Crippen molar-refractivity contribution in [2.75, 3.05) is 23.0 Å². The van der Waals surface area contributed by atoms with Gasteiger partial charge in [0.05, 0.1) is 23.3 Å². The summed E-state index contributed by atoms with van der Waals surface area (Å²) in [6, 6.07) is 30.5. The van der Waals surface area contributed by atoms with Crippen LogP contribution in [0.5, 0.6) is 5.75 Å². The average molecular weight is 782 g/mol. The van der Waals surface area contributed by atoms with Gasteiger partial charge in [-0.3, -0.25) is 9.11 Å². The van der Waals surface area contributed by atoms with E-state index >= 15 is 0 Å². The molecule has 2 N–H and O–H groups in total. The molecule has 8 rings (SSSR count). The summed E-state index contributed by atoms with van der Waals surface area (Å²) >= 11 is 1.69. The van der Waals surface area contributed by atoms with Crippen molar-refractivity contribution < 1.29 is 39.7 Å². The van der Waals surface area contributed by atoms with Gasteiger partial charge >= 0.3 is 5.89 Å². The minimum absolute atomic E-state index is 0.160. The maximum absolute atomic E-state index is 11.7. The van der Waals surface area contributed by atoms with Gasteiger partial charge in [0.25, 0.3) is 25.8 Å².